The Labute approximate surface area is 191 Å². The van der Waals surface area contributed by atoms with E-state index in [-0.39, 0.29) is 6.42 Å². The van der Waals surface area contributed by atoms with Crippen LogP contribution in [0.2, 0.25) is 0 Å². The highest BCUT2D eigenvalue weighted by Gasteiger charge is 2.05. The number of hydrogen-bond donors (Lipinski definition) is 1. The van der Waals surface area contributed by atoms with Crippen LogP contribution >= 0.6 is 0 Å². The van der Waals surface area contributed by atoms with E-state index in [1.807, 2.05) is 48.8 Å². The lowest BCUT2D eigenvalue weighted by Gasteiger charge is -2.06. The van der Waals surface area contributed by atoms with Crippen molar-refractivity contribution in [2.75, 3.05) is 0 Å². The molecule has 0 amide bonds. The molecule has 168 valence electrons. The maximum Gasteiger partial charge on any atom is 0.307 e. The fourth-order valence-corrected chi connectivity index (χ4v) is 3.90. The van der Waals surface area contributed by atoms with Crippen molar-refractivity contribution in [2.24, 2.45) is 0 Å². The van der Waals surface area contributed by atoms with Crippen molar-refractivity contribution in [3.05, 3.63) is 72.1 Å². The summed E-state index contributed by atoms with van der Waals surface area (Å²) in [7, 11) is 0. The summed E-state index contributed by atoms with van der Waals surface area (Å²) in [6.45, 7) is 2.26. The van der Waals surface area contributed by atoms with E-state index >= 15 is 0 Å². The number of hydrogen-bond acceptors (Lipinski definition) is 3. The Kier molecular flexibility index (Phi) is 9.42. The minimum absolute atomic E-state index is 0.0472. The molecule has 0 bridgehead atoms. The van der Waals surface area contributed by atoms with Crippen LogP contribution in [-0.4, -0.2) is 21.0 Å². The number of aryl methyl sites for hydroxylation is 1. The van der Waals surface area contributed by atoms with Gasteiger partial charge in [-0.15, -0.1) is 0 Å². The van der Waals surface area contributed by atoms with Gasteiger partial charge in [0.2, 0.25) is 0 Å². The number of nitrogens with zero attached hydrogens (tertiary/aromatic N) is 2. The van der Waals surface area contributed by atoms with Gasteiger partial charge in [-0.2, -0.15) is 0 Å². The third-order valence-corrected chi connectivity index (χ3v) is 5.81. The summed E-state index contributed by atoms with van der Waals surface area (Å²) in [5.74, 6) is -0.0704. The second-order valence-electron chi connectivity index (χ2n) is 8.48. The third-order valence-electron chi connectivity index (χ3n) is 5.81. The van der Waals surface area contributed by atoms with Gasteiger partial charge in [-0.05, 0) is 35.1 Å². The topological polar surface area (TPSA) is 63.1 Å². The molecule has 4 nitrogen and oxygen atoms in total. The molecule has 3 aromatic rings. The van der Waals surface area contributed by atoms with Crippen molar-refractivity contribution >= 4 is 5.97 Å². The second kappa shape index (κ2) is 12.7. The first kappa shape index (κ1) is 23.6. The van der Waals surface area contributed by atoms with Crippen molar-refractivity contribution in [3.63, 3.8) is 0 Å². The Bertz CT molecular complexity index is 948. The molecule has 1 N–H and O–H groups in total. The van der Waals surface area contributed by atoms with Crippen LogP contribution in [0.1, 0.15) is 69.4 Å². The van der Waals surface area contributed by atoms with Gasteiger partial charge in [0, 0.05) is 18.0 Å². The molecule has 1 aromatic heterocycles. The van der Waals surface area contributed by atoms with Crippen molar-refractivity contribution in [1.82, 2.24) is 9.97 Å². The molecular weight excluding hydrogens is 396 g/mol. The van der Waals surface area contributed by atoms with Gasteiger partial charge in [-0.3, -0.25) is 4.79 Å². The van der Waals surface area contributed by atoms with Crippen molar-refractivity contribution < 1.29 is 9.90 Å². The molecule has 2 aromatic carbocycles. The Balaban J connectivity index is 1.48. The molecule has 4 heteroatoms. The molecule has 32 heavy (non-hydrogen) atoms. The molecule has 0 saturated carbocycles. The quantitative estimate of drug-likeness (QED) is 0.293. The number of carboxylic acid groups (broad SMARTS) is 1. The van der Waals surface area contributed by atoms with Gasteiger partial charge in [0.05, 0.1) is 6.42 Å². The summed E-state index contributed by atoms with van der Waals surface area (Å²) in [4.78, 5) is 20.0. The van der Waals surface area contributed by atoms with Gasteiger partial charge in [-0.1, -0.05) is 100 Å². The van der Waals surface area contributed by atoms with E-state index < -0.39 is 5.97 Å². The zero-order chi connectivity index (χ0) is 22.6. The summed E-state index contributed by atoms with van der Waals surface area (Å²) in [5.41, 5.74) is 5.15. The average Bonchev–Trinajstić information content (AvgIpc) is 2.81. The van der Waals surface area contributed by atoms with Gasteiger partial charge >= 0.3 is 5.97 Å². The van der Waals surface area contributed by atoms with Crippen LogP contribution in [0, 0.1) is 0 Å². The average molecular weight is 431 g/mol. The first-order chi connectivity index (χ1) is 15.7. The third kappa shape index (κ3) is 7.60. The SMILES string of the molecule is CCCCCCCCCCc1cnc(-c2ccc(-c3ccc(CC(=O)O)cc3)cc2)nc1. The number of unbranched alkanes of at least 4 members (excludes halogenated alkanes) is 7. The molecule has 0 unspecified atom stereocenters. The van der Waals surface area contributed by atoms with Crippen LogP contribution in [0.25, 0.3) is 22.5 Å². The molecule has 0 aliphatic rings. The Hall–Kier alpha value is -3.01. The van der Waals surface area contributed by atoms with Crippen LogP contribution < -0.4 is 0 Å². The van der Waals surface area contributed by atoms with Crippen LogP contribution in [0.3, 0.4) is 0 Å². The first-order valence-electron chi connectivity index (χ1n) is 11.9. The summed E-state index contributed by atoms with van der Waals surface area (Å²) in [5, 5.41) is 8.89. The first-order valence-corrected chi connectivity index (χ1v) is 11.9. The number of benzene rings is 2. The number of carboxylic acids is 1. The summed E-state index contributed by atoms with van der Waals surface area (Å²) >= 11 is 0. The predicted octanol–water partition coefficient (Wildman–Crippen LogP) is 7.12. The van der Waals surface area contributed by atoms with E-state index in [4.69, 9.17) is 5.11 Å². The monoisotopic (exact) mass is 430 g/mol. The summed E-state index contributed by atoms with van der Waals surface area (Å²) in [6.07, 6.45) is 15.6. The van der Waals surface area contributed by atoms with Gasteiger partial charge < -0.3 is 5.11 Å². The largest absolute Gasteiger partial charge is 0.481 e. The van der Waals surface area contributed by atoms with Crippen molar-refractivity contribution in [2.45, 2.75) is 71.1 Å². The lowest BCUT2D eigenvalue weighted by molar-refractivity contribution is -0.136. The van der Waals surface area contributed by atoms with E-state index in [1.54, 1.807) is 0 Å². The molecule has 0 aliphatic carbocycles. The van der Waals surface area contributed by atoms with E-state index in [0.717, 1.165) is 34.5 Å². The van der Waals surface area contributed by atoms with E-state index in [2.05, 4.69) is 29.0 Å². The standard InChI is InChI=1S/C28H34N2O2/c1-2-3-4-5-6-7-8-9-10-23-20-29-28(30-21-23)26-17-15-25(16-18-26)24-13-11-22(12-14-24)19-27(31)32/h11-18,20-21H,2-10,19H2,1H3,(H,31,32). The fourth-order valence-electron chi connectivity index (χ4n) is 3.90. The Morgan fingerprint density at radius 2 is 1.19 bits per heavy atom. The maximum absolute atomic E-state index is 10.8. The number of aliphatic carboxylic acids is 1. The van der Waals surface area contributed by atoms with E-state index in [0.29, 0.717) is 0 Å². The molecule has 0 saturated heterocycles. The van der Waals surface area contributed by atoms with Gasteiger partial charge in [0.15, 0.2) is 5.82 Å². The van der Waals surface area contributed by atoms with E-state index in [9.17, 15) is 4.79 Å². The van der Waals surface area contributed by atoms with Gasteiger partial charge in [-0.25, -0.2) is 9.97 Å². The summed E-state index contributed by atoms with van der Waals surface area (Å²) < 4.78 is 0. The molecular formula is C28H34N2O2. The highest BCUT2D eigenvalue weighted by molar-refractivity contribution is 5.72. The predicted molar refractivity (Wildman–Crippen MR) is 131 cm³/mol. The fraction of sp³-hybridized carbons (Fsp3) is 0.393. The normalized spacial score (nSPS) is 10.9. The van der Waals surface area contributed by atoms with Crippen LogP contribution in [0.5, 0.6) is 0 Å². The molecule has 3 rings (SSSR count). The highest BCUT2D eigenvalue weighted by Crippen LogP contribution is 2.24. The molecule has 0 radical (unpaired) electrons. The summed E-state index contributed by atoms with van der Waals surface area (Å²) in [6, 6.07) is 15.8. The number of aromatic nitrogens is 2. The zero-order valence-electron chi connectivity index (χ0n) is 19.1. The zero-order valence-corrected chi connectivity index (χ0v) is 19.1. The maximum atomic E-state index is 10.8. The lowest BCUT2D eigenvalue weighted by atomic mass is 10.0. The Morgan fingerprint density at radius 3 is 1.75 bits per heavy atom. The van der Waals surface area contributed by atoms with Crippen LogP contribution in [0.4, 0.5) is 0 Å². The number of rotatable bonds is 13. The second-order valence-corrected chi connectivity index (χ2v) is 8.48. The van der Waals surface area contributed by atoms with Gasteiger partial charge in [0.25, 0.3) is 0 Å². The van der Waals surface area contributed by atoms with Gasteiger partial charge in [0.1, 0.15) is 0 Å². The smallest absolute Gasteiger partial charge is 0.307 e. The minimum atomic E-state index is -0.814. The molecule has 0 atom stereocenters. The minimum Gasteiger partial charge on any atom is -0.481 e. The Morgan fingerprint density at radius 1 is 0.688 bits per heavy atom. The molecule has 0 fully saturated rings. The molecule has 0 spiro atoms. The van der Waals surface area contributed by atoms with Crippen LogP contribution in [0.15, 0.2) is 60.9 Å². The van der Waals surface area contributed by atoms with Crippen molar-refractivity contribution in [1.29, 1.82) is 0 Å². The van der Waals surface area contributed by atoms with Crippen molar-refractivity contribution in [3.8, 4) is 22.5 Å². The van der Waals surface area contributed by atoms with E-state index in [1.165, 1.54) is 56.9 Å². The molecule has 0 aliphatic heterocycles. The lowest BCUT2D eigenvalue weighted by Crippen LogP contribution is -1.99. The highest BCUT2D eigenvalue weighted by atomic mass is 16.4. The van der Waals surface area contributed by atoms with Crippen LogP contribution in [-0.2, 0) is 17.6 Å². The number of carbonyl (C=O) groups is 1. The molecule has 1 heterocycles.